The number of halogens is 1. The fraction of sp³-hybridized carbons (Fsp3) is 0.375. The lowest BCUT2D eigenvalue weighted by Crippen LogP contribution is -1.86. The van der Waals surface area contributed by atoms with E-state index in [1.54, 1.807) is 11.3 Å². The second kappa shape index (κ2) is 2.85. The molecule has 0 atom stereocenters. The lowest BCUT2D eigenvalue weighted by Gasteiger charge is -1.92. The maximum atomic E-state index is 4.46. The maximum Gasteiger partial charge on any atom is 0.194 e. The monoisotopic (exact) mass is 244 g/mol. The van der Waals surface area contributed by atoms with Gasteiger partial charge in [-0.2, -0.15) is 0 Å². The Labute approximate surface area is 83.4 Å². The van der Waals surface area contributed by atoms with E-state index in [0.717, 1.165) is 16.0 Å². The summed E-state index contributed by atoms with van der Waals surface area (Å²) in [6.45, 7) is 4.15. The van der Waals surface area contributed by atoms with Gasteiger partial charge in [-0.3, -0.25) is 4.40 Å². The predicted molar refractivity (Wildman–Crippen MR) is 55.2 cm³/mol. The first-order valence-corrected chi connectivity index (χ1v) is 5.66. The van der Waals surface area contributed by atoms with Crippen molar-refractivity contribution in [3.8, 4) is 0 Å². The minimum atomic E-state index is 0.871. The van der Waals surface area contributed by atoms with Crippen LogP contribution in [-0.4, -0.2) is 9.38 Å². The number of aryl methyl sites for hydroxylation is 2. The van der Waals surface area contributed by atoms with Crippen molar-refractivity contribution in [1.29, 1.82) is 0 Å². The van der Waals surface area contributed by atoms with Gasteiger partial charge < -0.3 is 0 Å². The van der Waals surface area contributed by atoms with Gasteiger partial charge in [-0.15, -0.1) is 11.3 Å². The molecule has 0 amide bonds. The van der Waals surface area contributed by atoms with Crippen LogP contribution in [0, 0.1) is 13.8 Å². The van der Waals surface area contributed by atoms with Crippen molar-refractivity contribution in [3.63, 3.8) is 0 Å². The molecule has 2 rings (SSSR count). The van der Waals surface area contributed by atoms with Gasteiger partial charge in [0.15, 0.2) is 4.96 Å². The number of hydrogen-bond acceptors (Lipinski definition) is 2. The van der Waals surface area contributed by atoms with Gasteiger partial charge in [-0.05, 0) is 13.8 Å². The number of fused-ring (bicyclic) bond motifs is 1. The van der Waals surface area contributed by atoms with E-state index in [-0.39, 0.29) is 0 Å². The third-order valence-corrected chi connectivity index (χ3v) is 3.30. The summed E-state index contributed by atoms with van der Waals surface area (Å²) in [6.07, 6.45) is 2.14. The number of aromatic nitrogens is 2. The molecule has 0 aliphatic rings. The fourth-order valence-electron chi connectivity index (χ4n) is 1.27. The molecule has 0 aromatic carbocycles. The van der Waals surface area contributed by atoms with Crippen molar-refractivity contribution < 1.29 is 0 Å². The van der Waals surface area contributed by atoms with Crippen LogP contribution in [0.5, 0.6) is 0 Å². The normalized spacial score (nSPS) is 11.2. The van der Waals surface area contributed by atoms with E-state index in [1.807, 2.05) is 6.92 Å². The topological polar surface area (TPSA) is 17.3 Å². The van der Waals surface area contributed by atoms with Crippen LogP contribution in [0.4, 0.5) is 0 Å². The molecular weight excluding hydrogens is 236 g/mol. The summed E-state index contributed by atoms with van der Waals surface area (Å²) in [6, 6.07) is 0. The Morgan fingerprint density at radius 3 is 3.00 bits per heavy atom. The quantitative estimate of drug-likeness (QED) is 0.706. The van der Waals surface area contributed by atoms with Crippen LogP contribution < -0.4 is 0 Å². The molecule has 2 nitrogen and oxygen atoms in total. The molecule has 0 spiro atoms. The first kappa shape index (κ1) is 8.26. The summed E-state index contributed by atoms with van der Waals surface area (Å²) in [5, 5.41) is 0.871. The molecular formula is C8H9BrN2S. The molecule has 0 saturated heterocycles. The van der Waals surface area contributed by atoms with Crippen molar-refractivity contribution in [2.75, 3.05) is 0 Å². The third kappa shape index (κ3) is 1.10. The third-order valence-electron chi connectivity index (χ3n) is 1.87. The Bertz CT molecular complexity index is 416. The maximum absolute atomic E-state index is 4.46. The Morgan fingerprint density at radius 1 is 1.58 bits per heavy atom. The molecule has 2 aromatic heterocycles. The highest BCUT2D eigenvalue weighted by molar-refractivity contribution is 9.08. The van der Waals surface area contributed by atoms with Gasteiger partial charge in [0.05, 0.1) is 11.4 Å². The second-order valence-electron chi connectivity index (χ2n) is 2.77. The van der Waals surface area contributed by atoms with E-state index in [9.17, 15) is 0 Å². The second-order valence-corrected chi connectivity index (χ2v) is 4.55. The summed E-state index contributed by atoms with van der Waals surface area (Å²) in [4.78, 5) is 6.86. The molecule has 0 unspecified atom stereocenters. The van der Waals surface area contributed by atoms with Gasteiger partial charge in [-0.1, -0.05) is 15.9 Å². The van der Waals surface area contributed by atoms with Crippen LogP contribution in [0.2, 0.25) is 0 Å². The van der Waals surface area contributed by atoms with E-state index in [1.165, 1.54) is 10.6 Å². The minimum absolute atomic E-state index is 0.871. The highest BCUT2D eigenvalue weighted by Gasteiger charge is 2.08. The Balaban J connectivity index is 2.78. The lowest BCUT2D eigenvalue weighted by molar-refractivity contribution is 1.09. The molecule has 0 fully saturated rings. The van der Waals surface area contributed by atoms with E-state index >= 15 is 0 Å². The average molecular weight is 245 g/mol. The van der Waals surface area contributed by atoms with Crippen molar-refractivity contribution in [2.24, 2.45) is 0 Å². The van der Waals surface area contributed by atoms with Crippen molar-refractivity contribution in [2.45, 2.75) is 19.2 Å². The molecule has 0 bridgehead atoms. The molecule has 12 heavy (non-hydrogen) atoms. The van der Waals surface area contributed by atoms with Crippen molar-refractivity contribution in [3.05, 3.63) is 22.5 Å². The molecule has 2 aromatic rings. The van der Waals surface area contributed by atoms with E-state index in [4.69, 9.17) is 0 Å². The zero-order valence-corrected chi connectivity index (χ0v) is 9.37. The number of nitrogens with zero attached hydrogens (tertiary/aromatic N) is 2. The van der Waals surface area contributed by atoms with Crippen LogP contribution in [0.1, 0.15) is 16.3 Å². The highest BCUT2D eigenvalue weighted by atomic mass is 79.9. The standard InChI is InChI=1S/C8H9BrN2S/c1-5-4-11-7(3-9)6(2)10-8(11)12-5/h4H,3H2,1-2H3. The largest absolute Gasteiger partial charge is 0.293 e. The molecule has 0 radical (unpaired) electrons. The van der Waals surface area contributed by atoms with Gasteiger partial charge in [0, 0.05) is 16.4 Å². The Kier molecular flexibility index (Phi) is 1.96. The van der Waals surface area contributed by atoms with Crippen molar-refractivity contribution >= 4 is 32.2 Å². The van der Waals surface area contributed by atoms with Crippen LogP contribution >= 0.6 is 27.3 Å². The summed E-state index contributed by atoms with van der Waals surface area (Å²) < 4.78 is 2.16. The first-order chi connectivity index (χ1) is 5.72. The number of rotatable bonds is 1. The smallest absolute Gasteiger partial charge is 0.194 e. The Hall–Kier alpha value is -0.350. The summed E-state index contributed by atoms with van der Waals surface area (Å²) >= 11 is 5.20. The molecule has 0 saturated carbocycles. The Morgan fingerprint density at radius 2 is 2.33 bits per heavy atom. The van der Waals surface area contributed by atoms with Crippen LogP contribution in [-0.2, 0) is 5.33 Å². The van der Waals surface area contributed by atoms with Crippen LogP contribution in [0.25, 0.3) is 4.96 Å². The van der Waals surface area contributed by atoms with Gasteiger partial charge >= 0.3 is 0 Å². The number of hydrogen-bond donors (Lipinski definition) is 0. The van der Waals surface area contributed by atoms with E-state index < -0.39 is 0 Å². The summed E-state index contributed by atoms with van der Waals surface area (Å²) in [7, 11) is 0. The van der Waals surface area contributed by atoms with E-state index in [2.05, 4.69) is 38.4 Å². The van der Waals surface area contributed by atoms with Gasteiger partial charge in [-0.25, -0.2) is 4.98 Å². The summed E-state index contributed by atoms with van der Waals surface area (Å²) in [5.41, 5.74) is 2.38. The van der Waals surface area contributed by atoms with Crippen molar-refractivity contribution in [1.82, 2.24) is 9.38 Å². The predicted octanol–water partition coefficient (Wildman–Crippen LogP) is 2.91. The lowest BCUT2D eigenvalue weighted by atomic mass is 10.4. The molecule has 0 aliphatic carbocycles. The first-order valence-electron chi connectivity index (χ1n) is 3.72. The fourth-order valence-corrected chi connectivity index (χ4v) is 2.84. The molecule has 0 N–H and O–H groups in total. The molecule has 2 heterocycles. The number of thiazole rings is 1. The number of alkyl halides is 1. The number of imidazole rings is 1. The van der Waals surface area contributed by atoms with Gasteiger partial charge in [0.2, 0.25) is 0 Å². The minimum Gasteiger partial charge on any atom is -0.293 e. The SMILES string of the molecule is Cc1cn2c(CBr)c(C)nc2s1. The highest BCUT2D eigenvalue weighted by Crippen LogP contribution is 2.21. The summed E-state index contributed by atoms with van der Waals surface area (Å²) in [5.74, 6) is 0. The van der Waals surface area contributed by atoms with Gasteiger partial charge in [0.25, 0.3) is 0 Å². The van der Waals surface area contributed by atoms with Gasteiger partial charge in [0.1, 0.15) is 0 Å². The van der Waals surface area contributed by atoms with Crippen LogP contribution in [0.3, 0.4) is 0 Å². The molecule has 4 heteroatoms. The average Bonchev–Trinajstić information content (AvgIpc) is 2.43. The van der Waals surface area contributed by atoms with Crippen LogP contribution in [0.15, 0.2) is 6.20 Å². The van der Waals surface area contributed by atoms with E-state index in [0.29, 0.717) is 0 Å². The molecule has 0 aliphatic heterocycles. The zero-order valence-electron chi connectivity index (χ0n) is 6.97. The molecule has 64 valence electrons. The zero-order chi connectivity index (χ0) is 8.72.